The normalized spacial score (nSPS) is 10.4. The Labute approximate surface area is 84.4 Å². The van der Waals surface area contributed by atoms with Crippen molar-refractivity contribution < 1.29 is 13.9 Å². The van der Waals surface area contributed by atoms with Crippen LogP contribution in [-0.4, -0.2) is 18.1 Å². The average molecular weight is 212 g/mol. The molecule has 0 fully saturated rings. The predicted molar refractivity (Wildman–Crippen MR) is 50.4 cm³/mol. The van der Waals surface area contributed by atoms with E-state index in [2.05, 4.69) is 9.72 Å². The highest BCUT2D eigenvalue weighted by molar-refractivity contribution is 6.31. The summed E-state index contributed by atoms with van der Waals surface area (Å²) in [7, 11) is 1.27. The zero-order valence-corrected chi connectivity index (χ0v) is 8.04. The molecule has 0 aliphatic carbocycles. The molecule has 0 bridgehead atoms. The third-order valence-electron chi connectivity index (χ3n) is 1.71. The Morgan fingerprint density at radius 2 is 2.36 bits per heavy atom. The molecule has 0 N–H and O–H groups in total. The lowest BCUT2D eigenvalue weighted by molar-refractivity contribution is 0.0559. The number of nitrogens with zero attached hydrogens (tertiary/aromatic N) is 1. The number of rotatable bonds is 1. The highest BCUT2D eigenvalue weighted by Crippen LogP contribution is 2.20. The van der Waals surface area contributed by atoms with Gasteiger partial charge in [-0.3, -0.25) is 0 Å². The minimum Gasteiger partial charge on any atom is -0.462 e. The second kappa shape index (κ2) is 3.31. The molecule has 1 aromatic heterocycles. The molecule has 0 saturated carbocycles. The number of oxazole rings is 1. The van der Waals surface area contributed by atoms with E-state index in [-0.39, 0.29) is 5.89 Å². The zero-order valence-electron chi connectivity index (χ0n) is 7.28. The summed E-state index contributed by atoms with van der Waals surface area (Å²) in [5, 5.41) is 0.532. The van der Waals surface area contributed by atoms with Crippen LogP contribution in [0.2, 0.25) is 5.02 Å². The number of carbonyl (C=O) groups is 1. The third-order valence-corrected chi connectivity index (χ3v) is 1.95. The van der Waals surface area contributed by atoms with Crippen LogP contribution >= 0.6 is 11.6 Å². The van der Waals surface area contributed by atoms with Crippen molar-refractivity contribution in [2.24, 2.45) is 0 Å². The first-order valence-corrected chi connectivity index (χ1v) is 4.23. The minimum atomic E-state index is -0.600. The van der Waals surface area contributed by atoms with Crippen molar-refractivity contribution in [1.82, 2.24) is 4.98 Å². The van der Waals surface area contributed by atoms with Crippen LogP contribution in [-0.2, 0) is 4.74 Å². The summed E-state index contributed by atoms with van der Waals surface area (Å²) in [5.41, 5.74) is 1.05. The number of benzene rings is 1. The van der Waals surface area contributed by atoms with Gasteiger partial charge >= 0.3 is 11.9 Å². The SMILES string of the molecule is COC(=O)c1nc2ccc(Cl)cc2o1. The summed E-state index contributed by atoms with van der Waals surface area (Å²) in [4.78, 5) is 15.0. The molecule has 0 aliphatic heterocycles. The van der Waals surface area contributed by atoms with Crippen molar-refractivity contribution in [3.8, 4) is 0 Å². The number of hydrogen-bond acceptors (Lipinski definition) is 4. The van der Waals surface area contributed by atoms with E-state index in [1.165, 1.54) is 7.11 Å². The van der Waals surface area contributed by atoms with Crippen LogP contribution in [0, 0.1) is 0 Å². The van der Waals surface area contributed by atoms with E-state index >= 15 is 0 Å². The Kier molecular flexibility index (Phi) is 2.13. The summed E-state index contributed by atoms with van der Waals surface area (Å²) in [5.74, 6) is -0.665. The van der Waals surface area contributed by atoms with Gasteiger partial charge in [0.15, 0.2) is 5.58 Å². The topological polar surface area (TPSA) is 52.3 Å². The maximum atomic E-state index is 11.1. The van der Waals surface area contributed by atoms with Crippen molar-refractivity contribution in [2.75, 3.05) is 7.11 Å². The molecular formula is C9H6ClNO3. The summed E-state index contributed by atoms with van der Waals surface area (Å²) in [6, 6.07) is 4.94. The lowest BCUT2D eigenvalue weighted by Gasteiger charge is -1.89. The van der Waals surface area contributed by atoms with Gasteiger partial charge in [0.25, 0.3) is 0 Å². The summed E-state index contributed by atoms with van der Waals surface area (Å²) < 4.78 is 9.60. The van der Waals surface area contributed by atoms with Gasteiger partial charge in [0.1, 0.15) is 5.52 Å². The van der Waals surface area contributed by atoms with E-state index in [4.69, 9.17) is 16.0 Å². The van der Waals surface area contributed by atoms with Crippen LogP contribution < -0.4 is 0 Å². The van der Waals surface area contributed by atoms with E-state index < -0.39 is 5.97 Å². The van der Waals surface area contributed by atoms with Gasteiger partial charge in [-0.1, -0.05) is 11.6 Å². The van der Waals surface area contributed by atoms with Crippen molar-refractivity contribution in [2.45, 2.75) is 0 Å². The molecule has 0 saturated heterocycles. The first-order valence-electron chi connectivity index (χ1n) is 3.85. The molecule has 0 amide bonds. The standard InChI is InChI=1S/C9H6ClNO3/c1-13-9(12)8-11-6-3-2-5(10)4-7(6)14-8/h2-4H,1H3. The quantitative estimate of drug-likeness (QED) is 0.679. The van der Waals surface area contributed by atoms with Gasteiger partial charge in [-0.15, -0.1) is 0 Å². The van der Waals surface area contributed by atoms with Crippen LogP contribution in [0.25, 0.3) is 11.1 Å². The molecule has 4 nitrogen and oxygen atoms in total. The number of fused-ring (bicyclic) bond motifs is 1. The van der Waals surface area contributed by atoms with Crippen molar-refractivity contribution in [1.29, 1.82) is 0 Å². The van der Waals surface area contributed by atoms with Crippen molar-refractivity contribution in [3.63, 3.8) is 0 Å². The Morgan fingerprint density at radius 1 is 1.57 bits per heavy atom. The van der Waals surface area contributed by atoms with Crippen molar-refractivity contribution in [3.05, 3.63) is 29.1 Å². The van der Waals surface area contributed by atoms with Crippen LogP contribution in [0.4, 0.5) is 0 Å². The lowest BCUT2D eigenvalue weighted by atomic mass is 10.3. The molecule has 5 heteroatoms. The number of halogens is 1. The van der Waals surface area contributed by atoms with Crippen LogP contribution in [0.15, 0.2) is 22.6 Å². The average Bonchev–Trinajstić information content (AvgIpc) is 2.59. The maximum Gasteiger partial charge on any atom is 0.394 e. The molecule has 1 heterocycles. The fraction of sp³-hybridized carbons (Fsp3) is 0.111. The van der Waals surface area contributed by atoms with E-state index in [0.29, 0.717) is 16.1 Å². The number of methoxy groups -OCH3 is 1. The molecule has 14 heavy (non-hydrogen) atoms. The third kappa shape index (κ3) is 1.44. The Bertz CT molecular complexity index is 492. The van der Waals surface area contributed by atoms with Crippen LogP contribution in [0.3, 0.4) is 0 Å². The predicted octanol–water partition coefficient (Wildman–Crippen LogP) is 2.27. The Balaban J connectivity index is 2.56. The molecular weight excluding hydrogens is 206 g/mol. The summed E-state index contributed by atoms with van der Waals surface area (Å²) in [6.45, 7) is 0. The number of carbonyl (C=O) groups excluding carboxylic acids is 1. The molecule has 72 valence electrons. The molecule has 0 unspecified atom stereocenters. The minimum absolute atomic E-state index is 0.0650. The number of hydrogen-bond donors (Lipinski definition) is 0. The summed E-state index contributed by atoms with van der Waals surface area (Å²) >= 11 is 5.74. The molecule has 0 aliphatic rings. The van der Waals surface area contributed by atoms with Gasteiger partial charge in [-0.25, -0.2) is 9.78 Å². The Morgan fingerprint density at radius 3 is 3.07 bits per heavy atom. The van der Waals surface area contributed by atoms with E-state index in [0.717, 1.165) is 0 Å². The molecule has 0 radical (unpaired) electrons. The molecule has 0 spiro atoms. The molecule has 0 atom stereocenters. The summed E-state index contributed by atoms with van der Waals surface area (Å²) in [6.07, 6.45) is 0. The van der Waals surface area contributed by atoms with Gasteiger partial charge in [0.2, 0.25) is 0 Å². The zero-order chi connectivity index (χ0) is 10.1. The largest absolute Gasteiger partial charge is 0.462 e. The van der Waals surface area contributed by atoms with E-state index in [1.807, 2.05) is 0 Å². The lowest BCUT2D eigenvalue weighted by Crippen LogP contribution is -2.00. The molecule has 2 rings (SSSR count). The van der Waals surface area contributed by atoms with Gasteiger partial charge in [-0.2, -0.15) is 0 Å². The highest BCUT2D eigenvalue weighted by atomic mass is 35.5. The monoisotopic (exact) mass is 211 g/mol. The fourth-order valence-electron chi connectivity index (χ4n) is 1.07. The van der Waals surface area contributed by atoms with E-state index in [1.54, 1.807) is 18.2 Å². The van der Waals surface area contributed by atoms with Crippen LogP contribution in [0.1, 0.15) is 10.7 Å². The second-order valence-corrected chi connectivity index (χ2v) is 3.06. The van der Waals surface area contributed by atoms with Crippen molar-refractivity contribution >= 4 is 28.7 Å². The Hall–Kier alpha value is -1.55. The molecule has 1 aromatic carbocycles. The first-order chi connectivity index (χ1) is 6.70. The van der Waals surface area contributed by atoms with Crippen LogP contribution in [0.5, 0.6) is 0 Å². The number of aromatic nitrogens is 1. The van der Waals surface area contributed by atoms with Gasteiger partial charge in [0.05, 0.1) is 7.11 Å². The number of ether oxygens (including phenoxy) is 1. The molecule has 2 aromatic rings. The second-order valence-electron chi connectivity index (χ2n) is 2.62. The highest BCUT2D eigenvalue weighted by Gasteiger charge is 2.14. The van der Waals surface area contributed by atoms with Gasteiger partial charge in [-0.05, 0) is 12.1 Å². The fourth-order valence-corrected chi connectivity index (χ4v) is 1.24. The smallest absolute Gasteiger partial charge is 0.394 e. The number of esters is 1. The van der Waals surface area contributed by atoms with Gasteiger partial charge < -0.3 is 9.15 Å². The maximum absolute atomic E-state index is 11.1. The van der Waals surface area contributed by atoms with Gasteiger partial charge in [0, 0.05) is 11.1 Å². The van der Waals surface area contributed by atoms with E-state index in [9.17, 15) is 4.79 Å². The first kappa shape index (κ1) is 9.02.